The zero-order valence-corrected chi connectivity index (χ0v) is 10.8. The zero-order valence-electron chi connectivity index (χ0n) is 8.66. The molecule has 1 amide bonds. The van der Waals surface area contributed by atoms with Crippen LogP contribution < -0.4 is 5.32 Å². The predicted octanol–water partition coefficient (Wildman–Crippen LogP) is 1.46. The fraction of sp³-hybridized carbons (Fsp3) is 0.600. The molecule has 82 valence electrons. The number of hydrogen-bond acceptors (Lipinski definition) is 2. The second kappa shape index (κ2) is 4.51. The Hall–Kier alpha value is -0.590. The second-order valence-corrected chi connectivity index (χ2v) is 5.06. The van der Waals surface area contributed by atoms with E-state index < -0.39 is 0 Å². The van der Waals surface area contributed by atoms with Crippen LogP contribution in [0, 0.1) is 10.5 Å². The van der Waals surface area contributed by atoms with E-state index in [-0.39, 0.29) is 5.91 Å². The van der Waals surface area contributed by atoms with Gasteiger partial charge in [-0.1, -0.05) is 0 Å². The van der Waals surface area contributed by atoms with Gasteiger partial charge in [-0.3, -0.25) is 9.48 Å². The highest BCUT2D eigenvalue weighted by Gasteiger charge is 2.22. The van der Waals surface area contributed by atoms with Crippen LogP contribution in [0.1, 0.15) is 25.0 Å². The molecule has 1 aliphatic rings. The highest BCUT2D eigenvalue weighted by Crippen LogP contribution is 2.18. The smallest absolute Gasteiger partial charge is 0.222 e. The van der Waals surface area contributed by atoms with E-state index in [9.17, 15) is 4.79 Å². The number of rotatable bonds is 4. The molecule has 1 fully saturated rings. The number of aromatic nitrogens is 2. The third-order valence-corrected chi connectivity index (χ3v) is 3.60. The van der Waals surface area contributed by atoms with Crippen molar-refractivity contribution in [3.05, 3.63) is 15.5 Å². The van der Waals surface area contributed by atoms with E-state index in [1.54, 1.807) is 0 Å². The van der Waals surface area contributed by atoms with Gasteiger partial charge in [0.2, 0.25) is 5.91 Å². The Kier molecular flexibility index (Phi) is 3.28. The van der Waals surface area contributed by atoms with E-state index in [1.165, 1.54) is 0 Å². The third-order valence-electron chi connectivity index (χ3n) is 2.54. The molecule has 0 unspecified atom stereocenters. The maximum atomic E-state index is 11.4. The summed E-state index contributed by atoms with van der Waals surface area (Å²) >= 11 is 2.25. The average Bonchev–Trinajstić information content (AvgIpc) is 2.95. The quantitative estimate of drug-likeness (QED) is 0.854. The minimum atomic E-state index is 0.141. The summed E-state index contributed by atoms with van der Waals surface area (Å²) < 4.78 is 3.03. The van der Waals surface area contributed by atoms with Crippen LogP contribution in [0.2, 0.25) is 0 Å². The molecule has 1 N–H and O–H groups in total. The third kappa shape index (κ3) is 2.93. The lowest BCUT2D eigenvalue weighted by Crippen LogP contribution is -2.26. The van der Waals surface area contributed by atoms with Crippen molar-refractivity contribution in [2.75, 3.05) is 0 Å². The van der Waals surface area contributed by atoms with E-state index in [0.717, 1.165) is 22.1 Å². The molecule has 4 nitrogen and oxygen atoms in total. The Labute approximate surface area is 103 Å². The first-order valence-corrected chi connectivity index (χ1v) is 6.22. The molecule has 0 aromatic carbocycles. The SMILES string of the molecule is Cc1c(I)cnn1CCC(=O)NC1CC1. The molecule has 0 aliphatic heterocycles. The molecule has 1 aliphatic carbocycles. The number of halogens is 1. The summed E-state index contributed by atoms with van der Waals surface area (Å²) in [6, 6.07) is 0.455. The van der Waals surface area contributed by atoms with Crippen molar-refractivity contribution in [2.24, 2.45) is 0 Å². The molecule has 1 aromatic rings. The van der Waals surface area contributed by atoms with Crippen LogP contribution in [0.25, 0.3) is 0 Å². The van der Waals surface area contributed by atoms with Gasteiger partial charge in [0.15, 0.2) is 0 Å². The lowest BCUT2D eigenvalue weighted by Gasteiger charge is -2.05. The number of hydrogen-bond donors (Lipinski definition) is 1. The molecule has 0 bridgehead atoms. The van der Waals surface area contributed by atoms with Gasteiger partial charge in [0, 0.05) is 24.7 Å². The van der Waals surface area contributed by atoms with Crippen LogP contribution in [-0.4, -0.2) is 21.7 Å². The molecule has 1 saturated carbocycles. The minimum Gasteiger partial charge on any atom is -0.353 e. The van der Waals surface area contributed by atoms with Gasteiger partial charge in [0.25, 0.3) is 0 Å². The molecular formula is C10H14IN3O. The minimum absolute atomic E-state index is 0.141. The molecule has 0 spiro atoms. The van der Waals surface area contributed by atoms with Gasteiger partial charge in [-0.25, -0.2) is 0 Å². The molecule has 0 saturated heterocycles. The summed E-state index contributed by atoms with van der Waals surface area (Å²) in [7, 11) is 0. The topological polar surface area (TPSA) is 46.9 Å². The van der Waals surface area contributed by atoms with Crippen LogP contribution in [0.5, 0.6) is 0 Å². The maximum Gasteiger partial charge on any atom is 0.222 e. The summed E-state index contributed by atoms with van der Waals surface area (Å²) in [5.41, 5.74) is 1.13. The number of amides is 1. The van der Waals surface area contributed by atoms with Gasteiger partial charge in [0.05, 0.1) is 9.77 Å². The van der Waals surface area contributed by atoms with E-state index in [4.69, 9.17) is 0 Å². The second-order valence-electron chi connectivity index (χ2n) is 3.89. The normalized spacial score (nSPS) is 15.3. The van der Waals surface area contributed by atoms with Crippen molar-refractivity contribution in [3.63, 3.8) is 0 Å². The molecule has 15 heavy (non-hydrogen) atoms. The van der Waals surface area contributed by atoms with Gasteiger partial charge in [-0.05, 0) is 42.4 Å². The molecule has 1 heterocycles. The summed E-state index contributed by atoms with van der Waals surface area (Å²) in [6.07, 6.45) is 4.64. The fourth-order valence-electron chi connectivity index (χ4n) is 1.38. The van der Waals surface area contributed by atoms with Crippen molar-refractivity contribution >= 4 is 28.5 Å². The summed E-state index contributed by atoms with van der Waals surface area (Å²) in [5, 5.41) is 7.18. The molecule has 0 atom stereocenters. The maximum absolute atomic E-state index is 11.4. The average molecular weight is 319 g/mol. The first kappa shape index (κ1) is 10.9. The highest BCUT2D eigenvalue weighted by atomic mass is 127. The molecule has 1 aromatic heterocycles. The number of carbonyl (C=O) groups excluding carboxylic acids is 1. The standard InChI is InChI=1S/C10H14IN3O/c1-7-9(11)6-12-14(7)5-4-10(15)13-8-2-3-8/h6,8H,2-5H2,1H3,(H,13,15). The summed E-state index contributed by atoms with van der Waals surface area (Å²) in [5.74, 6) is 0.141. The van der Waals surface area contributed by atoms with Gasteiger partial charge >= 0.3 is 0 Å². The summed E-state index contributed by atoms with van der Waals surface area (Å²) in [6.45, 7) is 2.70. The van der Waals surface area contributed by atoms with E-state index in [2.05, 4.69) is 33.0 Å². The lowest BCUT2D eigenvalue weighted by atomic mass is 10.4. The van der Waals surface area contributed by atoms with Crippen molar-refractivity contribution in [1.82, 2.24) is 15.1 Å². The monoisotopic (exact) mass is 319 g/mol. The molecule has 0 radical (unpaired) electrons. The Morgan fingerprint density at radius 3 is 3.00 bits per heavy atom. The van der Waals surface area contributed by atoms with Gasteiger partial charge < -0.3 is 5.32 Å². The summed E-state index contributed by atoms with van der Waals surface area (Å²) in [4.78, 5) is 11.4. The van der Waals surface area contributed by atoms with Crippen LogP contribution in [-0.2, 0) is 11.3 Å². The van der Waals surface area contributed by atoms with Crippen LogP contribution in [0.3, 0.4) is 0 Å². The first-order chi connectivity index (χ1) is 7.16. The Morgan fingerprint density at radius 2 is 2.47 bits per heavy atom. The number of nitrogens with one attached hydrogen (secondary N) is 1. The lowest BCUT2D eigenvalue weighted by molar-refractivity contribution is -0.121. The fourth-order valence-corrected chi connectivity index (χ4v) is 1.79. The van der Waals surface area contributed by atoms with Crippen LogP contribution in [0.15, 0.2) is 6.20 Å². The van der Waals surface area contributed by atoms with Crippen molar-refractivity contribution < 1.29 is 4.79 Å². The Morgan fingerprint density at radius 1 is 1.73 bits per heavy atom. The Balaban J connectivity index is 1.81. The number of carbonyl (C=O) groups is 1. The largest absolute Gasteiger partial charge is 0.353 e. The number of aryl methyl sites for hydroxylation is 1. The van der Waals surface area contributed by atoms with Crippen molar-refractivity contribution in [1.29, 1.82) is 0 Å². The zero-order chi connectivity index (χ0) is 10.8. The van der Waals surface area contributed by atoms with Crippen LogP contribution >= 0.6 is 22.6 Å². The predicted molar refractivity (Wildman–Crippen MR) is 65.5 cm³/mol. The molecule has 5 heteroatoms. The van der Waals surface area contributed by atoms with Crippen LogP contribution in [0.4, 0.5) is 0 Å². The molecular weight excluding hydrogens is 305 g/mol. The van der Waals surface area contributed by atoms with Gasteiger partial charge in [-0.15, -0.1) is 0 Å². The number of nitrogens with zero attached hydrogens (tertiary/aromatic N) is 2. The highest BCUT2D eigenvalue weighted by molar-refractivity contribution is 14.1. The Bertz CT molecular complexity index is 371. The van der Waals surface area contributed by atoms with Crippen molar-refractivity contribution in [3.8, 4) is 0 Å². The van der Waals surface area contributed by atoms with E-state index in [0.29, 0.717) is 19.0 Å². The van der Waals surface area contributed by atoms with Gasteiger partial charge in [0.1, 0.15) is 0 Å². The van der Waals surface area contributed by atoms with Crippen molar-refractivity contribution in [2.45, 2.75) is 38.8 Å². The first-order valence-electron chi connectivity index (χ1n) is 5.14. The molecule has 2 rings (SSSR count). The van der Waals surface area contributed by atoms with E-state index in [1.807, 2.05) is 17.8 Å². The van der Waals surface area contributed by atoms with Gasteiger partial charge in [-0.2, -0.15) is 5.10 Å². The van der Waals surface area contributed by atoms with E-state index >= 15 is 0 Å².